The highest BCUT2D eigenvalue weighted by Gasteiger charge is 2.32. The van der Waals surface area contributed by atoms with E-state index in [1.807, 2.05) is 12.1 Å². The van der Waals surface area contributed by atoms with Crippen molar-refractivity contribution in [2.45, 2.75) is 11.7 Å². The molecule has 1 aliphatic rings. The van der Waals surface area contributed by atoms with Gasteiger partial charge in [0.1, 0.15) is 16.7 Å². The first kappa shape index (κ1) is 20.5. The van der Waals surface area contributed by atoms with Crippen LogP contribution in [0.1, 0.15) is 6.42 Å². The number of carbonyl (C=O) groups is 2. The van der Waals surface area contributed by atoms with Crippen LogP contribution in [0.5, 0.6) is 17.2 Å². The molecule has 1 heterocycles. The number of rotatable bonds is 7. The second kappa shape index (κ2) is 9.33. The predicted molar refractivity (Wildman–Crippen MR) is 112 cm³/mol. The zero-order chi connectivity index (χ0) is 20.8. The first-order valence-electron chi connectivity index (χ1n) is 8.75. The molecule has 2 aromatic rings. The van der Waals surface area contributed by atoms with Crippen LogP contribution in [0.25, 0.3) is 0 Å². The van der Waals surface area contributed by atoms with Gasteiger partial charge in [-0.25, -0.2) is 4.99 Å². The Morgan fingerprint density at radius 1 is 1.07 bits per heavy atom. The lowest BCUT2D eigenvalue weighted by atomic mass is 10.2. The molecular formula is C20H21N3O5S. The first-order chi connectivity index (χ1) is 14.0. The number of nitrogens with one attached hydrogen (secondary N) is 2. The lowest BCUT2D eigenvalue weighted by Gasteiger charge is -2.11. The van der Waals surface area contributed by atoms with E-state index in [1.165, 1.54) is 26.0 Å². The van der Waals surface area contributed by atoms with Crippen molar-refractivity contribution < 1.29 is 23.8 Å². The number of carbonyl (C=O) groups excluding carboxylic acids is 2. The van der Waals surface area contributed by atoms with Crippen molar-refractivity contribution in [1.82, 2.24) is 5.32 Å². The van der Waals surface area contributed by atoms with Crippen molar-refractivity contribution in [1.29, 1.82) is 0 Å². The molecule has 0 spiro atoms. The van der Waals surface area contributed by atoms with Gasteiger partial charge in [-0.05, 0) is 24.3 Å². The van der Waals surface area contributed by atoms with Crippen molar-refractivity contribution in [3.63, 3.8) is 0 Å². The molecule has 2 amide bonds. The standard InChI is InChI=1S/C20H21N3O5S/c1-26-14-7-5-4-6-13(14)22-20-23-19(25)17(29-20)11-18(24)21-12-8-9-15(27-2)16(10-12)28-3/h4-10,17H,11H2,1-3H3,(H,21,24)(H,22,23,25)/t17-/m0/s1. The summed E-state index contributed by atoms with van der Waals surface area (Å²) in [5.41, 5.74) is 1.16. The van der Waals surface area contributed by atoms with Gasteiger partial charge in [0.2, 0.25) is 11.8 Å². The molecule has 29 heavy (non-hydrogen) atoms. The van der Waals surface area contributed by atoms with Crippen LogP contribution in [0.3, 0.4) is 0 Å². The second-order valence-corrected chi connectivity index (χ2v) is 7.20. The van der Waals surface area contributed by atoms with E-state index in [-0.39, 0.29) is 18.2 Å². The Balaban J connectivity index is 1.64. The number of amidine groups is 1. The topological polar surface area (TPSA) is 98.2 Å². The average Bonchev–Trinajstić information content (AvgIpc) is 3.06. The minimum absolute atomic E-state index is 0.00971. The number of anilines is 1. The number of amides is 2. The fourth-order valence-corrected chi connectivity index (χ4v) is 3.70. The molecule has 0 radical (unpaired) electrons. The minimum Gasteiger partial charge on any atom is -0.494 e. The summed E-state index contributed by atoms with van der Waals surface area (Å²) in [6.45, 7) is 0. The number of nitrogens with zero attached hydrogens (tertiary/aromatic N) is 1. The van der Waals surface area contributed by atoms with E-state index in [9.17, 15) is 9.59 Å². The lowest BCUT2D eigenvalue weighted by Crippen LogP contribution is -2.28. The van der Waals surface area contributed by atoms with Gasteiger partial charge in [0.15, 0.2) is 16.7 Å². The molecule has 152 valence electrons. The normalized spacial score (nSPS) is 17.0. The quantitative estimate of drug-likeness (QED) is 0.722. The van der Waals surface area contributed by atoms with Crippen LogP contribution in [-0.4, -0.2) is 43.6 Å². The monoisotopic (exact) mass is 415 g/mol. The summed E-state index contributed by atoms with van der Waals surface area (Å²) in [7, 11) is 4.61. The highest BCUT2D eigenvalue weighted by atomic mass is 32.2. The Kier molecular flexibility index (Phi) is 6.61. The maximum Gasteiger partial charge on any atom is 0.240 e. The summed E-state index contributed by atoms with van der Waals surface area (Å²) in [5, 5.41) is 5.35. The van der Waals surface area contributed by atoms with Gasteiger partial charge < -0.3 is 24.8 Å². The van der Waals surface area contributed by atoms with Crippen molar-refractivity contribution >= 4 is 40.1 Å². The van der Waals surface area contributed by atoms with E-state index in [4.69, 9.17) is 14.2 Å². The van der Waals surface area contributed by atoms with Crippen LogP contribution < -0.4 is 24.8 Å². The van der Waals surface area contributed by atoms with E-state index in [0.717, 1.165) is 0 Å². The molecular weight excluding hydrogens is 394 g/mol. The largest absolute Gasteiger partial charge is 0.494 e. The molecule has 3 rings (SSSR count). The van der Waals surface area contributed by atoms with Crippen LogP contribution in [-0.2, 0) is 9.59 Å². The maximum absolute atomic E-state index is 12.4. The molecule has 0 bridgehead atoms. The molecule has 1 fully saturated rings. The van der Waals surface area contributed by atoms with E-state index < -0.39 is 5.25 Å². The number of ether oxygens (including phenoxy) is 3. The Bertz CT molecular complexity index is 947. The van der Waals surface area contributed by atoms with Crippen molar-refractivity contribution in [2.75, 3.05) is 26.6 Å². The van der Waals surface area contributed by atoms with Crippen molar-refractivity contribution in [3.05, 3.63) is 42.5 Å². The molecule has 8 nitrogen and oxygen atoms in total. The summed E-state index contributed by atoms with van der Waals surface area (Å²) in [5.74, 6) is 1.12. The summed E-state index contributed by atoms with van der Waals surface area (Å²) in [6, 6.07) is 12.3. The van der Waals surface area contributed by atoms with E-state index >= 15 is 0 Å². The summed E-state index contributed by atoms with van der Waals surface area (Å²) < 4.78 is 15.7. The van der Waals surface area contributed by atoms with Crippen LogP contribution in [0.4, 0.5) is 11.4 Å². The van der Waals surface area contributed by atoms with Crippen molar-refractivity contribution in [2.24, 2.45) is 4.99 Å². The van der Waals surface area contributed by atoms with Gasteiger partial charge in [-0.2, -0.15) is 0 Å². The smallest absolute Gasteiger partial charge is 0.240 e. The van der Waals surface area contributed by atoms with Gasteiger partial charge in [-0.3, -0.25) is 9.59 Å². The van der Waals surface area contributed by atoms with E-state index in [0.29, 0.717) is 33.8 Å². The molecule has 0 saturated carbocycles. The Morgan fingerprint density at radius 3 is 2.52 bits per heavy atom. The summed E-state index contributed by atoms with van der Waals surface area (Å²) in [4.78, 5) is 29.1. The summed E-state index contributed by atoms with van der Waals surface area (Å²) in [6.07, 6.45) is 0.00971. The van der Waals surface area contributed by atoms with E-state index in [1.54, 1.807) is 37.4 Å². The Labute approximate surface area is 172 Å². The van der Waals surface area contributed by atoms with Gasteiger partial charge in [0.05, 0.1) is 21.3 Å². The summed E-state index contributed by atoms with van der Waals surface area (Å²) >= 11 is 1.21. The fourth-order valence-electron chi connectivity index (χ4n) is 2.72. The maximum atomic E-state index is 12.4. The van der Waals surface area contributed by atoms with Gasteiger partial charge in [-0.1, -0.05) is 23.9 Å². The zero-order valence-corrected chi connectivity index (χ0v) is 17.0. The molecule has 0 unspecified atom stereocenters. The molecule has 1 atom stereocenters. The highest BCUT2D eigenvalue weighted by Crippen LogP contribution is 2.32. The number of hydrogen-bond donors (Lipinski definition) is 2. The van der Waals surface area contributed by atoms with Gasteiger partial charge in [0, 0.05) is 18.2 Å². The lowest BCUT2D eigenvalue weighted by molar-refractivity contribution is -0.122. The van der Waals surface area contributed by atoms with Gasteiger partial charge >= 0.3 is 0 Å². The van der Waals surface area contributed by atoms with Gasteiger partial charge in [0.25, 0.3) is 0 Å². The van der Waals surface area contributed by atoms with E-state index in [2.05, 4.69) is 15.6 Å². The molecule has 9 heteroatoms. The molecule has 1 saturated heterocycles. The third-order valence-electron chi connectivity index (χ3n) is 4.12. The van der Waals surface area contributed by atoms with Crippen molar-refractivity contribution in [3.8, 4) is 17.2 Å². The number of methoxy groups -OCH3 is 3. The van der Waals surface area contributed by atoms with Gasteiger partial charge in [-0.15, -0.1) is 0 Å². The molecule has 2 N–H and O–H groups in total. The first-order valence-corrected chi connectivity index (χ1v) is 9.63. The fraction of sp³-hybridized carbons (Fsp3) is 0.250. The van der Waals surface area contributed by atoms with Crippen LogP contribution in [0.2, 0.25) is 0 Å². The van der Waals surface area contributed by atoms with Crippen LogP contribution in [0.15, 0.2) is 47.5 Å². The Morgan fingerprint density at radius 2 is 1.79 bits per heavy atom. The number of benzene rings is 2. The number of hydrogen-bond acceptors (Lipinski definition) is 7. The van der Waals surface area contributed by atoms with Crippen LogP contribution >= 0.6 is 11.8 Å². The average molecular weight is 415 g/mol. The zero-order valence-electron chi connectivity index (χ0n) is 16.2. The highest BCUT2D eigenvalue weighted by molar-refractivity contribution is 8.15. The molecule has 0 aromatic heterocycles. The molecule has 2 aromatic carbocycles. The molecule has 1 aliphatic heterocycles. The number of thioether (sulfide) groups is 1. The SMILES string of the molecule is COc1ccccc1N=C1NC(=O)[C@H](CC(=O)Nc2ccc(OC)c(OC)c2)S1. The third kappa shape index (κ3) is 5.00. The molecule has 0 aliphatic carbocycles. The second-order valence-electron chi connectivity index (χ2n) is 6.01. The number of aliphatic imine (C=N–C) groups is 1. The Hall–Kier alpha value is -3.20. The third-order valence-corrected chi connectivity index (χ3v) is 5.20. The predicted octanol–water partition coefficient (Wildman–Crippen LogP) is 2.96. The van der Waals surface area contributed by atoms with Crippen LogP contribution in [0, 0.1) is 0 Å². The minimum atomic E-state index is -0.566. The number of para-hydroxylation sites is 2.